The van der Waals surface area contributed by atoms with E-state index in [2.05, 4.69) is 15.5 Å². The molecule has 1 aromatic carbocycles. The highest BCUT2D eigenvalue weighted by molar-refractivity contribution is 7.88. The van der Waals surface area contributed by atoms with E-state index in [1.165, 1.54) is 10.6 Å². The summed E-state index contributed by atoms with van der Waals surface area (Å²) in [7, 11) is -3.09. The van der Waals surface area contributed by atoms with E-state index >= 15 is 0 Å². The normalized spacial score (nSPS) is 17.0. The number of anilines is 1. The van der Waals surface area contributed by atoms with Gasteiger partial charge in [0.2, 0.25) is 10.0 Å². The van der Waals surface area contributed by atoms with Crippen molar-refractivity contribution >= 4 is 21.7 Å². The molecule has 0 atom stereocenters. The lowest BCUT2D eigenvalue weighted by Gasteiger charge is -2.33. The summed E-state index contributed by atoms with van der Waals surface area (Å²) < 4.78 is 24.4. The number of rotatable bonds is 5. The zero-order valence-electron chi connectivity index (χ0n) is 13.6. The third-order valence-electron chi connectivity index (χ3n) is 3.82. The first-order valence-electron chi connectivity index (χ1n) is 7.63. The molecule has 1 saturated heterocycles. The predicted octanol–water partition coefficient (Wildman–Crippen LogP) is 0.694. The van der Waals surface area contributed by atoms with Crippen molar-refractivity contribution in [3.8, 4) is 0 Å². The van der Waals surface area contributed by atoms with E-state index in [0.29, 0.717) is 39.3 Å². The fourth-order valence-electron chi connectivity index (χ4n) is 2.42. The second-order valence-corrected chi connectivity index (χ2v) is 7.73. The molecule has 0 saturated carbocycles. The van der Waals surface area contributed by atoms with Crippen LogP contribution in [0.25, 0.3) is 0 Å². The van der Waals surface area contributed by atoms with Gasteiger partial charge in [-0.25, -0.2) is 13.2 Å². The summed E-state index contributed by atoms with van der Waals surface area (Å²) in [5.74, 6) is 0. The minimum Gasteiger partial charge on any atom is -0.337 e. The molecule has 1 aliphatic rings. The molecule has 2 rings (SSSR count). The van der Waals surface area contributed by atoms with Gasteiger partial charge in [0.1, 0.15) is 0 Å². The van der Waals surface area contributed by atoms with Gasteiger partial charge >= 0.3 is 6.03 Å². The average molecular weight is 340 g/mol. The van der Waals surface area contributed by atoms with Crippen molar-refractivity contribution in [2.75, 3.05) is 50.8 Å². The van der Waals surface area contributed by atoms with Crippen LogP contribution in [0.15, 0.2) is 24.3 Å². The number of carbonyl (C=O) groups excluding carboxylic acids is 1. The number of piperazine rings is 1. The number of hydrogen-bond acceptors (Lipinski definition) is 4. The van der Waals surface area contributed by atoms with Crippen LogP contribution in [0.3, 0.4) is 0 Å². The van der Waals surface area contributed by atoms with Gasteiger partial charge in [0.25, 0.3) is 0 Å². The highest BCUT2D eigenvalue weighted by atomic mass is 32.2. The van der Waals surface area contributed by atoms with Crippen LogP contribution < -0.4 is 10.6 Å². The molecular weight excluding hydrogens is 316 g/mol. The van der Waals surface area contributed by atoms with Crippen molar-refractivity contribution < 1.29 is 13.2 Å². The molecule has 7 nitrogen and oxygen atoms in total. The van der Waals surface area contributed by atoms with Gasteiger partial charge in [-0.1, -0.05) is 17.7 Å². The Morgan fingerprint density at radius 2 is 1.74 bits per heavy atom. The van der Waals surface area contributed by atoms with Crippen molar-refractivity contribution in [2.45, 2.75) is 6.92 Å². The number of hydrogen-bond donors (Lipinski definition) is 2. The lowest BCUT2D eigenvalue weighted by Crippen LogP contribution is -2.50. The second-order valence-electron chi connectivity index (χ2n) is 5.75. The van der Waals surface area contributed by atoms with Gasteiger partial charge in [-0.15, -0.1) is 0 Å². The Labute approximate surface area is 137 Å². The van der Waals surface area contributed by atoms with Crippen LogP contribution in [-0.2, 0) is 10.0 Å². The molecule has 2 amide bonds. The first kappa shape index (κ1) is 17.7. The maximum absolute atomic E-state index is 11.8. The summed E-state index contributed by atoms with van der Waals surface area (Å²) >= 11 is 0. The monoisotopic (exact) mass is 340 g/mol. The summed E-state index contributed by atoms with van der Waals surface area (Å²) in [6.07, 6.45) is 1.24. The highest BCUT2D eigenvalue weighted by Gasteiger charge is 2.22. The molecule has 23 heavy (non-hydrogen) atoms. The molecule has 1 aromatic rings. The Morgan fingerprint density at radius 3 is 2.30 bits per heavy atom. The summed E-state index contributed by atoms with van der Waals surface area (Å²) in [6, 6.07) is 7.37. The number of carbonyl (C=O) groups is 1. The quantitative estimate of drug-likeness (QED) is 0.826. The fourth-order valence-corrected chi connectivity index (χ4v) is 3.25. The Morgan fingerprint density at radius 1 is 1.13 bits per heavy atom. The van der Waals surface area contributed by atoms with Crippen LogP contribution in [0.2, 0.25) is 0 Å². The third kappa shape index (κ3) is 5.81. The number of amides is 2. The summed E-state index contributed by atoms with van der Waals surface area (Å²) in [6.45, 7) is 5.62. The van der Waals surface area contributed by atoms with Crippen molar-refractivity contribution in [3.63, 3.8) is 0 Å². The van der Waals surface area contributed by atoms with Gasteiger partial charge < -0.3 is 10.6 Å². The van der Waals surface area contributed by atoms with Crippen LogP contribution in [0, 0.1) is 6.92 Å². The van der Waals surface area contributed by atoms with E-state index < -0.39 is 10.0 Å². The minimum atomic E-state index is -3.09. The highest BCUT2D eigenvalue weighted by Crippen LogP contribution is 2.08. The van der Waals surface area contributed by atoms with Gasteiger partial charge in [0.05, 0.1) is 6.26 Å². The molecule has 0 unspecified atom stereocenters. The van der Waals surface area contributed by atoms with Crippen molar-refractivity contribution in [3.05, 3.63) is 29.8 Å². The fraction of sp³-hybridized carbons (Fsp3) is 0.533. The number of nitrogens with zero attached hydrogens (tertiary/aromatic N) is 2. The van der Waals surface area contributed by atoms with Crippen molar-refractivity contribution in [1.82, 2.24) is 14.5 Å². The lowest BCUT2D eigenvalue weighted by atomic mass is 10.2. The Balaban J connectivity index is 1.65. The first-order valence-corrected chi connectivity index (χ1v) is 9.48. The smallest absolute Gasteiger partial charge is 0.319 e. The van der Waals surface area contributed by atoms with E-state index in [1.54, 1.807) is 0 Å². The molecule has 1 fully saturated rings. The van der Waals surface area contributed by atoms with Gasteiger partial charge in [0, 0.05) is 45.0 Å². The third-order valence-corrected chi connectivity index (χ3v) is 5.13. The predicted molar refractivity (Wildman–Crippen MR) is 91.1 cm³/mol. The zero-order chi connectivity index (χ0) is 16.9. The van der Waals surface area contributed by atoms with E-state index in [4.69, 9.17) is 0 Å². The maximum Gasteiger partial charge on any atom is 0.319 e. The molecule has 0 spiro atoms. The Hall–Kier alpha value is -1.64. The van der Waals surface area contributed by atoms with Crippen LogP contribution in [0.4, 0.5) is 10.5 Å². The van der Waals surface area contributed by atoms with Crippen LogP contribution in [-0.4, -0.2) is 69.2 Å². The number of benzene rings is 1. The van der Waals surface area contributed by atoms with Gasteiger partial charge in [-0.05, 0) is 19.1 Å². The molecule has 8 heteroatoms. The zero-order valence-corrected chi connectivity index (χ0v) is 14.4. The summed E-state index contributed by atoms with van der Waals surface area (Å²) in [5, 5.41) is 5.59. The molecular formula is C15H24N4O3S. The number of sulfonamides is 1. The van der Waals surface area contributed by atoms with E-state index in [1.807, 2.05) is 31.2 Å². The van der Waals surface area contributed by atoms with E-state index in [9.17, 15) is 13.2 Å². The number of aryl methyl sites for hydroxylation is 1. The molecule has 1 heterocycles. The van der Waals surface area contributed by atoms with Crippen LogP contribution in [0.1, 0.15) is 5.56 Å². The van der Waals surface area contributed by atoms with Crippen LogP contribution in [0.5, 0.6) is 0 Å². The van der Waals surface area contributed by atoms with E-state index in [0.717, 1.165) is 11.3 Å². The molecule has 0 aromatic heterocycles. The van der Waals surface area contributed by atoms with Gasteiger partial charge in [0.15, 0.2) is 0 Å². The minimum absolute atomic E-state index is 0.233. The van der Waals surface area contributed by atoms with Crippen molar-refractivity contribution in [2.24, 2.45) is 0 Å². The van der Waals surface area contributed by atoms with Crippen LogP contribution >= 0.6 is 0 Å². The molecule has 0 bridgehead atoms. The summed E-state index contributed by atoms with van der Waals surface area (Å²) in [5.41, 5.74) is 1.90. The first-order chi connectivity index (χ1) is 10.8. The topological polar surface area (TPSA) is 81.8 Å². The standard InChI is InChI=1S/C15H24N4O3S/c1-13-3-5-14(6-4-13)17-15(20)16-7-8-18-9-11-19(12-10-18)23(2,21)22/h3-6H,7-12H2,1-2H3,(H2,16,17,20). The lowest BCUT2D eigenvalue weighted by molar-refractivity contribution is 0.189. The van der Waals surface area contributed by atoms with Crippen molar-refractivity contribution in [1.29, 1.82) is 0 Å². The second kappa shape index (κ2) is 7.76. The Bertz CT molecular complexity index is 623. The molecule has 0 aliphatic carbocycles. The maximum atomic E-state index is 11.8. The van der Waals surface area contributed by atoms with E-state index in [-0.39, 0.29) is 6.03 Å². The molecule has 0 radical (unpaired) electrons. The van der Waals surface area contributed by atoms with Gasteiger partial charge in [-0.2, -0.15) is 4.31 Å². The molecule has 2 N–H and O–H groups in total. The number of urea groups is 1. The summed E-state index contributed by atoms with van der Waals surface area (Å²) in [4.78, 5) is 13.9. The molecule has 1 aliphatic heterocycles. The SMILES string of the molecule is Cc1ccc(NC(=O)NCCN2CCN(S(C)(=O)=O)CC2)cc1. The largest absolute Gasteiger partial charge is 0.337 e. The number of nitrogens with one attached hydrogen (secondary N) is 2. The average Bonchev–Trinajstić information content (AvgIpc) is 2.49. The van der Waals surface area contributed by atoms with Gasteiger partial charge in [-0.3, -0.25) is 4.90 Å². The molecule has 128 valence electrons. The Kier molecular flexibility index (Phi) is 5.97.